The molecule has 0 bridgehead atoms. The van der Waals surface area contributed by atoms with Crippen LogP contribution in [0.1, 0.15) is 6.42 Å². The molecule has 0 aromatic heterocycles. The number of nitrogens with zero attached hydrogens (tertiary/aromatic N) is 1. The van der Waals surface area contributed by atoms with Gasteiger partial charge in [-0.3, -0.25) is 0 Å². The van der Waals surface area contributed by atoms with Crippen LogP contribution in [0.15, 0.2) is 0 Å². The Labute approximate surface area is 138 Å². The van der Waals surface area contributed by atoms with Crippen molar-refractivity contribution in [2.24, 2.45) is 0 Å². The largest absolute Gasteiger partial charge is 0.500 e. The van der Waals surface area contributed by atoms with Gasteiger partial charge in [0.2, 0.25) is 0 Å². The Kier molecular flexibility index (Phi) is 12.9. The molecule has 0 aliphatic heterocycles. The van der Waals surface area contributed by atoms with E-state index in [1.165, 1.54) is 0 Å². The van der Waals surface area contributed by atoms with Crippen molar-refractivity contribution in [3.63, 3.8) is 0 Å². The van der Waals surface area contributed by atoms with Crippen LogP contribution in [0.25, 0.3) is 0 Å². The topological polar surface area (TPSA) is 30.9 Å². The lowest BCUT2D eigenvalue weighted by atomic mass is 10.6. The van der Waals surface area contributed by atoms with Crippen molar-refractivity contribution in [2.45, 2.75) is 12.5 Å². The van der Waals surface area contributed by atoms with Gasteiger partial charge in [0, 0.05) is 47.2 Å². The molecule has 0 aliphatic carbocycles. The van der Waals surface area contributed by atoms with Crippen LogP contribution in [0.2, 0.25) is 6.04 Å². The molecule has 0 saturated carbocycles. The summed E-state index contributed by atoms with van der Waals surface area (Å²) in [5, 5.41) is 0. The summed E-state index contributed by atoms with van der Waals surface area (Å²) in [5.74, 6) is 1.04. The molecule has 0 aliphatic rings. The predicted octanol–water partition coefficient (Wildman–Crippen LogP) is 3.78. The normalized spacial score (nSPS) is 11.6. The average Bonchev–Trinajstić information content (AvgIpc) is 2.42. The van der Waals surface area contributed by atoms with Gasteiger partial charge in [0.25, 0.3) is 0 Å². The number of rotatable bonds is 10. The zero-order valence-electron chi connectivity index (χ0n) is 11.8. The Morgan fingerprint density at radius 2 is 1.68 bits per heavy atom. The van der Waals surface area contributed by atoms with Crippen molar-refractivity contribution in [3.8, 4) is 0 Å². The minimum atomic E-state index is -2.38. The van der Waals surface area contributed by atoms with E-state index in [-0.39, 0.29) is 0 Å². The lowest BCUT2D eigenvalue weighted by Crippen LogP contribution is -2.42. The highest BCUT2D eigenvalue weighted by Crippen LogP contribution is 2.44. The van der Waals surface area contributed by atoms with E-state index >= 15 is 0 Å². The number of hydrogen-bond donors (Lipinski definition) is 0. The molecule has 19 heavy (non-hydrogen) atoms. The van der Waals surface area contributed by atoms with E-state index in [1.807, 2.05) is 29.8 Å². The summed E-state index contributed by atoms with van der Waals surface area (Å²) in [6.07, 6.45) is 1.02. The van der Waals surface area contributed by atoms with Crippen LogP contribution >= 0.6 is 53.5 Å². The first-order valence-corrected chi connectivity index (χ1v) is 12.8. The molecule has 0 aromatic rings. The van der Waals surface area contributed by atoms with Gasteiger partial charge in [-0.2, -0.15) is 0 Å². The van der Waals surface area contributed by atoms with E-state index in [1.54, 1.807) is 51.8 Å². The van der Waals surface area contributed by atoms with E-state index in [0.717, 1.165) is 22.5 Å². The predicted molar refractivity (Wildman–Crippen MR) is 97.7 cm³/mol. The summed E-state index contributed by atoms with van der Waals surface area (Å²) in [6, 6.07) is 0.845. The van der Waals surface area contributed by atoms with Crippen LogP contribution in [0.4, 0.5) is 0 Å². The molecule has 0 heterocycles. The fraction of sp³-hybridized carbons (Fsp3) is 0.889. The second-order valence-electron chi connectivity index (χ2n) is 3.60. The first-order valence-electron chi connectivity index (χ1n) is 5.51. The maximum absolute atomic E-state index is 5.37. The first-order chi connectivity index (χ1) is 9.01. The Bertz CT molecular complexity index is 248. The highest BCUT2D eigenvalue weighted by atomic mass is 33.7. The van der Waals surface area contributed by atoms with Crippen molar-refractivity contribution in [3.05, 3.63) is 0 Å². The van der Waals surface area contributed by atoms with Crippen molar-refractivity contribution in [2.75, 3.05) is 41.2 Å². The molecule has 0 unspecified atom stereocenters. The molecule has 0 atom stereocenters. The summed E-state index contributed by atoms with van der Waals surface area (Å²) >= 11 is 5.18. The second-order valence-corrected chi connectivity index (χ2v) is 13.3. The smallest absolute Gasteiger partial charge is 0.377 e. The standard InChI is InChI=1S/C9H21NO3S5Si/c1-10(2)9(14)16-18-17-15-7-6-8-19(11-3,12-4)13-5/h6-8H2,1-5H3. The van der Waals surface area contributed by atoms with E-state index in [0.29, 0.717) is 0 Å². The van der Waals surface area contributed by atoms with Crippen LogP contribution in [-0.2, 0) is 13.3 Å². The molecule has 0 radical (unpaired) electrons. The van der Waals surface area contributed by atoms with Gasteiger partial charge in [0.05, 0.1) is 0 Å². The molecular weight excluding hydrogens is 359 g/mol. The third kappa shape index (κ3) is 9.09. The minimum absolute atomic E-state index is 0.845. The Hall–Kier alpha value is 1.39. The third-order valence-electron chi connectivity index (χ3n) is 2.19. The maximum Gasteiger partial charge on any atom is 0.500 e. The van der Waals surface area contributed by atoms with Crippen LogP contribution in [0, 0.1) is 0 Å². The van der Waals surface area contributed by atoms with Gasteiger partial charge < -0.3 is 18.2 Å². The highest BCUT2D eigenvalue weighted by molar-refractivity contribution is 9.27. The highest BCUT2D eigenvalue weighted by Gasteiger charge is 2.36. The number of hydrogen-bond acceptors (Lipinski definition) is 8. The molecule has 0 fully saturated rings. The molecule has 0 amide bonds. The van der Waals surface area contributed by atoms with E-state index in [9.17, 15) is 0 Å². The van der Waals surface area contributed by atoms with Gasteiger partial charge in [0.15, 0.2) is 0 Å². The summed E-state index contributed by atoms with van der Waals surface area (Å²) < 4.78 is 17.0. The van der Waals surface area contributed by atoms with Crippen LogP contribution in [0.3, 0.4) is 0 Å². The van der Waals surface area contributed by atoms with Crippen LogP contribution in [-0.4, -0.2) is 59.2 Å². The molecule has 0 saturated heterocycles. The molecule has 0 N–H and O–H groups in total. The average molecular weight is 380 g/mol. The number of thiocarbonyl (C=S) groups is 1. The van der Waals surface area contributed by atoms with Gasteiger partial charge in [0.1, 0.15) is 4.32 Å². The lowest BCUT2D eigenvalue weighted by molar-refractivity contribution is 0.123. The quantitative estimate of drug-likeness (QED) is 0.243. The van der Waals surface area contributed by atoms with E-state index in [2.05, 4.69) is 0 Å². The SMILES string of the molecule is CO[Si](CCCSSSSC(=S)N(C)C)(OC)OC. The zero-order chi connectivity index (χ0) is 14.7. The fourth-order valence-electron chi connectivity index (χ4n) is 1.07. The Morgan fingerprint density at radius 1 is 1.11 bits per heavy atom. The molecular formula is C9H21NO3S5Si. The van der Waals surface area contributed by atoms with Crippen molar-refractivity contribution >= 4 is 66.6 Å². The van der Waals surface area contributed by atoms with Crippen molar-refractivity contribution < 1.29 is 13.3 Å². The first kappa shape index (κ1) is 20.4. The van der Waals surface area contributed by atoms with Gasteiger partial charge in [-0.1, -0.05) is 23.0 Å². The molecule has 4 nitrogen and oxygen atoms in total. The molecule has 10 heteroatoms. The summed E-state index contributed by atoms with van der Waals surface area (Å²) in [5.41, 5.74) is 0. The van der Waals surface area contributed by atoms with Gasteiger partial charge in [-0.25, -0.2) is 0 Å². The zero-order valence-corrected chi connectivity index (χ0v) is 16.9. The molecule has 114 valence electrons. The lowest BCUT2D eigenvalue weighted by Gasteiger charge is -2.23. The maximum atomic E-state index is 5.37. The fourth-order valence-corrected chi connectivity index (χ4v) is 9.34. The van der Waals surface area contributed by atoms with Crippen LogP contribution < -0.4 is 0 Å². The van der Waals surface area contributed by atoms with Gasteiger partial charge in [-0.05, 0) is 36.9 Å². The Morgan fingerprint density at radius 3 is 2.16 bits per heavy atom. The molecule has 0 aromatic carbocycles. The minimum Gasteiger partial charge on any atom is -0.377 e. The summed E-state index contributed by atoms with van der Waals surface area (Å²) in [6.45, 7) is 0. The van der Waals surface area contributed by atoms with Gasteiger partial charge in [-0.15, -0.1) is 0 Å². The summed E-state index contributed by atoms with van der Waals surface area (Å²) in [4.78, 5) is 1.94. The van der Waals surface area contributed by atoms with Gasteiger partial charge >= 0.3 is 8.80 Å². The molecule has 0 rings (SSSR count). The second kappa shape index (κ2) is 12.0. The monoisotopic (exact) mass is 379 g/mol. The van der Waals surface area contributed by atoms with Crippen molar-refractivity contribution in [1.82, 2.24) is 4.90 Å². The Balaban J connectivity index is 3.57. The van der Waals surface area contributed by atoms with Crippen molar-refractivity contribution in [1.29, 1.82) is 0 Å². The molecule has 0 spiro atoms. The van der Waals surface area contributed by atoms with Crippen LogP contribution in [0.5, 0.6) is 0 Å². The summed E-state index contributed by atoms with van der Waals surface area (Å²) in [7, 11) is 13.3. The van der Waals surface area contributed by atoms with E-state index in [4.69, 9.17) is 25.5 Å². The third-order valence-corrected chi connectivity index (χ3v) is 12.2. The van der Waals surface area contributed by atoms with E-state index < -0.39 is 8.80 Å².